The molecule has 1 aliphatic heterocycles. The van der Waals surface area contributed by atoms with Crippen molar-refractivity contribution in [2.24, 2.45) is 5.41 Å². The van der Waals surface area contributed by atoms with E-state index in [-0.39, 0.29) is 12.5 Å². The van der Waals surface area contributed by atoms with Gasteiger partial charge in [-0.1, -0.05) is 0 Å². The van der Waals surface area contributed by atoms with Crippen molar-refractivity contribution in [2.45, 2.75) is 19.8 Å². The fraction of sp³-hybridized carbons (Fsp3) is 0.833. The van der Waals surface area contributed by atoms with Crippen molar-refractivity contribution in [1.29, 1.82) is 0 Å². The van der Waals surface area contributed by atoms with Gasteiger partial charge in [0, 0.05) is 26.7 Å². The summed E-state index contributed by atoms with van der Waals surface area (Å²) in [7, 11) is 1.60. The molecule has 1 rings (SSSR count). The number of carboxylic acid groups (broad SMARTS) is 1. The van der Waals surface area contributed by atoms with Gasteiger partial charge in [0.05, 0.1) is 18.6 Å². The zero-order valence-corrected chi connectivity index (χ0v) is 11.1. The summed E-state index contributed by atoms with van der Waals surface area (Å²) in [6, 6.07) is 0. The van der Waals surface area contributed by atoms with Crippen LogP contribution in [0.4, 0.5) is 0 Å². The van der Waals surface area contributed by atoms with E-state index in [0.29, 0.717) is 32.7 Å². The lowest BCUT2D eigenvalue weighted by Crippen LogP contribution is -2.50. The molecule has 2 N–H and O–H groups in total. The number of methoxy groups -OCH3 is 1. The Labute approximate surface area is 107 Å². The van der Waals surface area contributed by atoms with Crippen LogP contribution in [0, 0.1) is 5.41 Å². The van der Waals surface area contributed by atoms with E-state index >= 15 is 0 Å². The molecule has 6 heteroatoms. The zero-order chi connectivity index (χ0) is 13.6. The number of hydrogen-bond donors (Lipinski definition) is 2. The van der Waals surface area contributed by atoms with Crippen LogP contribution < -0.4 is 5.32 Å². The number of aliphatic carboxylic acids is 1. The average Bonchev–Trinajstić information content (AvgIpc) is 2.34. The molecular formula is C12H22N2O4. The molecule has 0 aromatic rings. The van der Waals surface area contributed by atoms with Gasteiger partial charge in [-0.2, -0.15) is 0 Å². The molecule has 1 heterocycles. The molecule has 0 aromatic carbocycles. The fourth-order valence-corrected chi connectivity index (χ4v) is 2.11. The summed E-state index contributed by atoms with van der Waals surface area (Å²) in [6.45, 7) is 4.05. The van der Waals surface area contributed by atoms with Gasteiger partial charge in [-0.3, -0.25) is 9.59 Å². The Kier molecular flexibility index (Phi) is 5.55. The number of hydrogen-bond acceptors (Lipinski definition) is 4. The van der Waals surface area contributed by atoms with Gasteiger partial charge in [0.15, 0.2) is 0 Å². The van der Waals surface area contributed by atoms with Gasteiger partial charge in [0.2, 0.25) is 5.91 Å². The number of piperidine rings is 1. The van der Waals surface area contributed by atoms with E-state index in [1.54, 1.807) is 18.9 Å². The SMILES string of the molecule is COCCNCC(=O)N1CCCC(C)(C(=O)O)C1. The third-order valence-corrected chi connectivity index (χ3v) is 3.32. The zero-order valence-electron chi connectivity index (χ0n) is 11.1. The number of nitrogens with zero attached hydrogens (tertiary/aromatic N) is 1. The lowest BCUT2D eigenvalue weighted by molar-refractivity contribution is -0.153. The lowest BCUT2D eigenvalue weighted by atomic mass is 9.82. The maximum absolute atomic E-state index is 11.9. The van der Waals surface area contributed by atoms with Gasteiger partial charge in [-0.25, -0.2) is 0 Å². The Balaban J connectivity index is 2.41. The van der Waals surface area contributed by atoms with E-state index in [4.69, 9.17) is 4.74 Å². The number of rotatable bonds is 6. The van der Waals surface area contributed by atoms with E-state index in [1.165, 1.54) is 0 Å². The second kappa shape index (κ2) is 6.70. The van der Waals surface area contributed by atoms with Gasteiger partial charge in [-0.05, 0) is 19.8 Å². The Morgan fingerprint density at radius 1 is 1.50 bits per heavy atom. The number of ether oxygens (including phenoxy) is 1. The monoisotopic (exact) mass is 258 g/mol. The van der Waals surface area contributed by atoms with Crippen molar-refractivity contribution in [1.82, 2.24) is 10.2 Å². The third-order valence-electron chi connectivity index (χ3n) is 3.32. The molecule has 0 bridgehead atoms. The van der Waals surface area contributed by atoms with Crippen LogP contribution in [-0.4, -0.2) is 61.8 Å². The number of likely N-dealkylation sites (tertiary alicyclic amines) is 1. The first-order valence-electron chi connectivity index (χ1n) is 6.20. The number of carbonyl (C=O) groups is 2. The molecular weight excluding hydrogens is 236 g/mol. The Hall–Kier alpha value is -1.14. The van der Waals surface area contributed by atoms with Crippen molar-refractivity contribution < 1.29 is 19.4 Å². The first-order chi connectivity index (χ1) is 8.49. The van der Waals surface area contributed by atoms with Crippen LogP contribution in [0.1, 0.15) is 19.8 Å². The smallest absolute Gasteiger partial charge is 0.311 e. The lowest BCUT2D eigenvalue weighted by Gasteiger charge is -2.37. The highest BCUT2D eigenvalue weighted by atomic mass is 16.5. The molecule has 18 heavy (non-hydrogen) atoms. The summed E-state index contributed by atoms with van der Waals surface area (Å²) in [5.74, 6) is -0.870. The van der Waals surface area contributed by atoms with Crippen molar-refractivity contribution in [3.63, 3.8) is 0 Å². The minimum absolute atomic E-state index is 0.0433. The van der Waals surface area contributed by atoms with Gasteiger partial charge in [0.1, 0.15) is 0 Å². The summed E-state index contributed by atoms with van der Waals surface area (Å²) in [5.41, 5.74) is -0.805. The molecule has 0 saturated carbocycles. The van der Waals surface area contributed by atoms with E-state index in [0.717, 1.165) is 6.42 Å². The summed E-state index contributed by atoms with van der Waals surface area (Å²) < 4.78 is 4.87. The molecule has 1 fully saturated rings. The largest absolute Gasteiger partial charge is 0.481 e. The molecule has 6 nitrogen and oxygen atoms in total. The van der Waals surface area contributed by atoms with Crippen molar-refractivity contribution in [3.05, 3.63) is 0 Å². The highest BCUT2D eigenvalue weighted by Gasteiger charge is 2.39. The van der Waals surface area contributed by atoms with Gasteiger partial charge < -0.3 is 20.1 Å². The van der Waals surface area contributed by atoms with E-state index in [9.17, 15) is 14.7 Å². The molecule has 1 amide bonds. The van der Waals surface area contributed by atoms with Gasteiger partial charge >= 0.3 is 5.97 Å². The number of carboxylic acids is 1. The minimum Gasteiger partial charge on any atom is -0.481 e. The standard InChI is InChI=1S/C12H22N2O4/c1-12(11(16)17)4-3-6-14(9-12)10(15)8-13-5-7-18-2/h13H,3-9H2,1-2H3,(H,16,17). The molecule has 0 aromatic heterocycles. The minimum atomic E-state index is -0.827. The second-order valence-corrected chi connectivity index (χ2v) is 4.95. The normalized spacial score (nSPS) is 24.0. The quantitative estimate of drug-likeness (QED) is 0.652. The van der Waals surface area contributed by atoms with Crippen molar-refractivity contribution in [2.75, 3.05) is 39.9 Å². The molecule has 1 aliphatic rings. The van der Waals surface area contributed by atoms with Crippen LogP contribution in [0.3, 0.4) is 0 Å². The summed E-state index contributed by atoms with van der Waals surface area (Å²) in [6.07, 6.45) is 1.37. The number of nitrogens with one attached hydrogen (secondary N) is 1. The Morgan fingerprint density at radius 3 is 2.83 bits per heavy atom. The van der Waals surface area contributed by atoms with Crippen LogP contribution in [0.5, 0.6) is 0 Å². The summed E-state index contributed by atoms with van der Waals surface area (Å²) in [5, 5.41) is 12.1. The second-order valence-electron chi connectivity index (χ2n) is 4.95. The molecule has 0 aliphatic carbocycles. The number of carbonyl (C=O) groups excluding carboxylic acids is 1. The van der Waals surface area contributed by atoms with E-state index in [1.807, 2.05) is 0 Å². The average molecular weight is 258 g/mol. The van der Waals surface area contributed by atoms with Gasteiger partial charge in [-0.15, -0.1) is 0 Å². The van der Waals surface area contributed by atoms with Crippen LogP contribution in [0.15, 0.2) is 0 Å². The number of amides is 1. The predicted molar refractivity (Wildman–Crippen MR) is 66.3 cm³/mol. The highest BCUT2D eigenvalue weighted by molar-refractivity contribution is 5.80. The van der Waals surface area contributed by atoms with Crippen LogP contribution >= 0.6 is 0 Å². The van der Waals surface area contributed by atoms with Crippen molar-refractivity contribution in [3.8, 4) is 0 Å². The molecule has 1 saturated heterocycles. The molecule has 104 valence electrons. The van der Waals surface area contributed by atoms with Crippen LogP contribution in [0.2, 0.25) is 0 Å². The van der Waals surface area contributed by atoms with Crippen molar-refractivity contribution >= 4 is 11.9 Å². The summed E-state index contributed by atoms with van der Waals surface area (Å²) in [4.78, 5) is 24.7. The molecule has 1 atom stereocenters. The van der Waals surface area contributed by atoms with E-state index < -0.39 is 11.4 Å². The molecule has 0 radical (unpaired) electrons. The molecule has 0 spiro atoms. The van der Waals surface area contributed by atoms with Crippen LogP contribution in [0.25, 0.3) is 0 Å². The van der Waals surface area contributed by atoms with Crippen LogP contribution in [-0.2, 0) is 14.3 Å². The maximum Gasteiger partial charge on any atom is 0.311 e. The highest BCUT2D eigenvalue weighted by Crippen LogP contribution is 2.29. The fourth-order valence-electron chi connectivity index (χ4n) is 2.11. The first-order valence-corrected chi connectivity index (χ1v) is 6.20. The third kappa shape index (κ3) is 3.96. The topological polar surface area (TPSA) is 78.9 Å². The molecule has 1 unspecified atom stereocenters. The Morgan fingerprint density at radius 2 is 2.22 bits per heavy atom. The van der Waals surface area contributed by atoms with Gasteiger partial charge in [0.25, 0.3) is 0 Å². The predicted octanol–water partition coefficient (Wildman–Crippen LogP) is -0.0643. The Bertz CT molecular complexity index is 308. The van der Waals surface area contributed by atoms with E-state index in [2.05, 4.69) is 5.32 Å². The maximum atomic E-state index is 11.9. The first kappa shape index (κ1) is 14.9. The summed E-state index contributed by atoms with van der Waals surface area (Å²) >= 11 is 0.